The zero-order valence-electron chi connectivity index (χ0n) is 13.2. The van der Waals surface area contributed by atoms with E-state index in [2.05, 4.69) is 20.4 Å². The standard InChI is InChI=1S/C18H24O3/c1-5-17(3)10-14(21-16(17)20)18(4)11(2)6-7-12-8-9-13(19)15(12)18/h5,11,14H,1,6-10H2,2-4H3/t11-,14+,17+,18-/m0/s1. The van der Waals surface area contributed by atoms with Crippen LogP contribution in [0.4, 0.5) is 0 Å². The van der Waals surface area contributed by atoms with Gasteiger partial charge in [0.25, 0.3) is 0 Å². The lowest BCUT2D eigenvalue weighted by atomic mass is 9.60. The maximum atomic E-state index is 12.4. The van der Waals surface area contributed by atoms with Crippen molar-refractivity contribution in [3.63, 3.8) is 0 Å². The molecule has 0 bridgehead atoms. The highest BCUT2D eigenvalue weighted by Crippen LogP contribution is 2.56. The fourth-order valence-electron chi connectivity index (χ4n) is 4.33. The molecule has 1 fully saturated rings. The number of carbonyl (C=O) groups excluding carboxylic acids is 2. The molecule has 0 amide bonds. The van der Waals surface area contributed by atoms with Crippen LogP contribution in [-0.2, 0) is 14.3 Å². The van der Waals surface area contributed by atoms with Gasteiger partial charge < -0.3 is 4.74 Å². The normalized spacial score (nSPS) is 43.0. The van der Waals surface area contributed by atoms with E-state index in [0.29, 0.717) is 18.8 Å². The number of hydrogen-bond acceptors (Lipinski definition) is 3. The van der Waals surface area contributed by atoms with Crippen molar-refractivity contribution in [2.24, 2.45) is 16.7 Å². The summed E-state index contributed by atoms with van der Waals surface area (Å²) in [6.07, 6.45) is 5.73. The third-order valence-corrected chi connectivity index (χ3v) is 6.17. The van der Waals surface area contributed by atoms with Gasteiger partial charge in [-0.2, -0.15) is 0 Å². The summed E-state index contributed by atoms with van der Waals surface area (Å²) in [5, 5.41) is 0. The van der Waals surface area contributed by atoms with E-state index < -0.39 is 5.41 Å². The summed E-state index contributed by atoms with van der Waals surface area (Å²) < 4.78 is 5.74. The zero-order chi connectivity index (χ0) is 15.4. The molecule has 114 valence electrons. The lowest BCUT2D eigenvalue weighted by molar-refractivity contribution is -0.151. The van der Waals surface area contributed by atoms with Gasteiger partial charge in [0.2, 0.25) is 0 Å². The van der Waals surface area contributed by atoms with Gasteiger partial charge in [-0.15, -0.1) is 6.58 Å². The molecule has 1 aliphatic heterocycles. The molecule has 0 aromatic carbocycles. The van der Waals surface area contributed by atoms with Crippen molar-refractivity contribution < 1.29 is 14.3 Å². The van der Waals surface area contributed by atoms with Crippen molar-refractivity contribution in [2.45, 2.75) is 59.0 Å². The Balaban J connectivity index is 2.03. The van der Waals surface area contributed by atoms with Crippen LogP contribution in [0.5, 0.6) is 0 Å². The summed E-state index contributed by atoms with van der Waals surface area (Å²) in [6, 6.07) is 0. The number of allylic oxidation sites excluding steroid dienone is 1. The van der Waals surface area contributed by atoms with Crippen molar-refractivity contribution in [1.82, 2.24) is 0 Å². The van der Waals surface area contributed by atoms with Gasteiger partial charge in [0, 0.05) is 23.8 Å². The molecule has 3 aliphatic rings. The summed E-state index contributed by atoms with van der Waals surface area (Å²) >= 11 is 0. The van der Waals surface area contributed by atoms with E-state index >= 15 is 0 Å². The van der Waals surface area contributed by atoms with Gasteiger partial charge in [-0.05, 0) is 32.1 Å². The number of hydrogen-bond donors (Lipinski definition) is 0. The number of ketones is 1. The first kappa shape index (κ1) is 14.6. The van der Waals surface area contributed by atoms with Crippen LogP contribution in [0.15, 0.2) is 23.8 Å². The van der Waals surface area contributed by atoms with E-state index in [1.54, 1.807) is 6.08 Å². The second-order valence-corrected chi connectivity index (χ2v) is 7.34. The van der Waals surface area contributed by atoms with Crippen molar-refractivity contribution in [3.05, 3.63) is 23.8 Å². The minimum absolute atomic E-state index is 0.200. The van der Waals surface area contributed by atoms with Crippen molar-refractivity contribution >= 4 is 11.8 Å². The topological polar surface area (TPSA) is 43.4 Å². The number of ether oxygens (including phenoxy) is 1. The molecule has 3 rings (SSSR count). The Hall–Kier alpha value is -1.38. The molecule has 21 heavy (non-hydrogen) atoms. The maximum Gasteiger partial charge on any atom is 0.316 e. The van der Waals surface area contributed by atoms with E-state index in [1.807, 2.05) is 6.92 Å². The molecular weight excluding hydrogens is 264 g/mol. The molecule has 2 aliphatic carbocycles. The third kappa shape index (κ3) is 1.86. The van der Waals surface area contributed by atoms with Crippen LogP contribution >= 0.6 is 0 Å². The second-order valence-electron chi connectivity index (χ2n) is 7.34. The van der Waals surface area contributed by atoms with E-state index in [4.69, 9.17) is 4.74 Å². The first-order chi connectivity index (χ1) is 9.83. The predicted octanol–water partition coefficient (Wildman–Crippen LogP) is 3.59. The van der Waals surface area contributed by atoms with E-state index in [0.717, 1.165) is 24.8 Å². The molecular formula is C18H24O3. The molecule has 1 saturated heterocycles. The average molecular weight is 288 g/mol. The predicted molar refractivity (Wildman–Crippen MR) is 80.6 cm³/mol. The minimum atomic E-state index is -0.618. The fraction of sp³-hybridized carbons (Fsp3) is 0.667. The highest BCUT2D eigenvalue weighted by atomic mass is 16.6. The van der Waals surface area contributed by atoms with Gasteiger partial charge in [0.15, 0.2) is 5.78 Å². The van der Waals surface area contributed by atoms with Gasteiger partial charge in [0.05, 0.1) is 5.41 Å². The molecule has 3 heteroatoms. The van der Waals surface area contributed by atoms with Crippen LogP contribution in [0.1, 0.15) is 52.9 Å². The lowest BCUT2D eigenvalue weighted by Gasteiger charge is -2.44. The van der Waals surface area contributed by atoms with Gasteiger partial charge in [-0.3, -0.25) is 9.59 Å². The monoisotopic (exact) mass is 288 g/mol. The third-order valence-electron chi connectivity index (χ3n) is 6.17. The quantitative estimate of drug-likeness (QED) is 0.576. The first-order valence-corrected chi connectivity index (χ1v) is 7.93. The molecule has 3 nitrogen and oxygen atoms in total. The molecule has 0 saturated carbocycles. The van der Waals surface area contributed by atoms with Gasteiger partial charge in [-0.1, -0.05) is 25.5 Å². The van der Waals surface area contributed by atoms with Crippen LogP contribution < -0.4 is 0 Å². The average Bonchev–Trinajstić information content (AvgIpc) is 2.97. The number of carbonyl (C=O) groups is 2. The second kappa shape index (κ2) is 4.56. The van der Waals surface area contributed by atoms with Crippen molar-refractivity contribution in [2.75, 3.05) is 0 Å². The molecule has 0 aromatic rings. The lowest BCUT2D eigenvalue weighted by Crippen LogP contribution is -2.43. The summed E-state index contributed by atoms with van der Waals surface area (Å²) in [5.41, 5.74) is 1.33. The van der Waals surface area contributed by atoms with Crippen molar-refractivity contribution in [3.8, 4) is 0 Å². The minimum Gasteiger partial charge on any atom is -0.461 e. The molecule has 4 atom stereocenters. The summed E-state index contributed by atoms with van der Waals surface area (Å²) in [4.78, 5) is 24.6. The summed E-state index contributed by atoms with van der Waals surface area (Å²) in [7, 11) is 0. The van der Waals surface area contributed by atoms with Crippen LogP contribution in [-0.4, -0.2) is 17.9 Å². The van der Waals surface area contributed by atoms with Gasteiger partial charge in [-0.25, -0.2) is 0 Å². The Bertz CT molecular complexity index is 559. The van der Waals surface area contributed by atoms with Crippen molar-refractivity contribution in [1.29, 1.82) is 0 Å². The molecule has 0 radical (unpaired) electrons. The molecule has 0 N–H and O–H groups in total. The molecule has 0 spiro atoms. The fourth-order valence-corrected chi connectivity index (χ4v) is 4.33. The van der Waals surface area contributed by atoms with Crippen LogP contribution in [0.25, 0.3) is 0 Å². The SMILES string of the molecule is C=C[C@]1(C)C[C@H]([C@@]2(C)C3=C(CCC3=O)CC[C@@H]2C)OC1=O. The van der Waals surface area contributed by atoms with Crippen LogP contribution in [0, 0.1) is 16.7 Å². The number of Topliss-reactive ketones (excluding diaryl/α,β-unsaturated/α-hetero) is 1. The first-order valence-electron chi connectivity index (χ1n) is 7.93. The van der Waals surface area contributed by atoms with Gasteiger partial charge in [0.1, 0.15) is 6.10 Å². The highest BCUT2D eigenvalue weighted by Gasteiger charge is 2.56. The Kier molecular flexibility index (Phi) is 3.16. The van der Waals surface area contributed by atoms with E-state index in [9.17, 15) is 9.59 Å². The van der Waals surface area contributed by atoms with E-state index in [1.165, 1.54) is 5.57 Å². The van der Waals surface area contributed by atoms with Gasteiger partial charge >= 0.3 is 5.97 Å². The zero-order valence-corrected chi connectivity index (χ0v) is 13.2. The summed E-state index contributed by atoms with van der Waals surface area (Å²) in [5.74, 6) is 0.416. The Morgan fingerprint density at radius 2 is 1.95 bits per heavy atom. The largest absolute Gasteiger partial charge is 0.461 e. The van der Waals surface area contributed by atoms with Crippen LogP contribution in [0.3, 0.4) is 0 Å². The number of esters is 1. The highest BCUT2D eigenvalue weighted by molar-refractivity contribution is 6.00. The molecule has 0 aromatic heterocycles. The Morgan fingerprint density at radius 1 is 1.24 bits per heavy atom. The molecule has 1 heterocycles. The van der Waals surface area contributed by atoms with Crippen LogP contribution in [0.2, 0.25) is 0 Å². The maximum absolute atomic E-state index is 12.4. The Morgan fingerprint density at radius 3 is 2.57 bits per heavy atom. The summed E-state index contributed by atoms with van der Waals surface area (Å²) in [6.45, 7) is 9.98. The smallest absolute Gasteiger partial charge is 0.316 e. The van der Waals surface area contributed by atoms with E-state index in [-0.39, 0.29) is 23.3 Å². The number of cyclic esters (lactones) is 1. The Labute approximate surface area is 126 Å². The number of rotatable bonds is 2. The molecule has 0 unspecified atom stereocenters.